The molecule has 1 rings (SSSR count). The topological polar surface area (TPSA) is 54.4 Å². The van der Waals surface area contributed by atoms with Gasteiger partial charge < -0.3 is 5.11 Å². The van der Waals surface area contributed by atoms with Crippen LogP contribution in [-0.4, -0.2) is 16.9 Å². The smallest absolute Gasteiger partial charge is 0.314 e. The summed E-state index contributed by atoms with van der Waals surface area (Å²) >= 11 is 5.74. The number of benzene rings is 1. The summed E-state index contributed by atoms with van der Waals surface area (Å²) in [5, 5.41) is 9.49. The van der Waals surface area contributed by atoms with Gasteiger partial charge in [0, 0.05) is 11.4 Å². The average molecular weight is 255 g/mol. The number of carboxylic acid groups (broad SMARTS) is 1. The van der Waals surface area contributed by atoms with Crippen molar-refractivity contribution in [3.63, 3.8) is 0 Å². The molecule has 0 aliphatic heterocycles. The van der Waals surface area contributed by atoms with Crippen LogP contribution in [0.3, 0.4) is 0 Å². The lowest BCUT2D eigenvalue weighted by Crippen LogP contribution is -2.23. The molecule has 0 saturated carbocycles. The molecule has 0 radical (unpaired) electrons. The second-order valence-electron chi connectivity index (χ2n) is 3.89. The number of hydrogen-bond acceptors (Lipinski definition) is 2. The van der Waals surface area contributed by atoms with Crippen LogP contribution in [0.25, 0.3) is 0 Å². The molecule has 1 aromatic rings. The molecule has 0 aliphatic rings. The molecule has 92 valence electrons. The average Bonchev–Trinajstić information content (AvgIpc) is 2.28. The van der Waals surface area contributed by atoms with Gasteiger partial charge in [-0.05, 0) is 30.5 Å². The number of halogens is 1. The van der Waals surface area contributed by atoms with Crippen molar-refractivity contribution in [3.8, 4) is 0 Å². The fourth-order valence-electron chi connectivity index (χ4n) is 1.63. The first-order chi connectivity index (χ1) is 8.04. The molecule has 1 aromatic carbocycles. The lowest BCUT2D eigenvalue weighted by Gasteiger charge is -2.08. The van der Waals surface area contributed by atoms with E-state index < -0.39 is 11.9 Å². The van der Waals surface area contributed by atoms with Gasteiger partial charge >= 0.3 is 5.97 Å². The van der Waals surface area contributed by atoms with E-state index in [1.807, 2.05) is 12.1 Å². The molecule has 1 atom stereocenters. The van der Waals surface area contributed by atoms with Gasteiger partial charge in [0.2, 0.25) is 0 Å². The number of rotatable bonds is 6. The van der Waals surface area contributed by atoms with E-state index >= 15 is 0 Å². The minimum absolute atomic E-state index is 0.213. The Bertz CT molecular complexity index is 398. The summed E-state index contributed by atoms with van der Waals surface area (Å²) in [7, 11) is 0. The van der Waals surface area contributed by atoms with Gasteiger partial charge in [-0.15, -0.1) is 0 Å². The van der Waals surface area contributed by atoms with Crippen molar-refractivity contribution in [2.24, 2.45) is 5.92 Å². The van der Waals surface area contributed by atoms with E-state index in [1.54, 1.807) is 19.1 Å². The highest BCUT2D eigenvalue weighted by atomic mass is 35.5. The number of carbonyl (C=O) groups excluding carboxylic acids is 1. The summed E-state index contributed by atoms with van der Waals surface area (Å²) in [6.45, 7) is 1.71. The maximum Gasteiger partial charge on any atom is 0.314 e. The molecule has 0 fully saturated rings. The Balaban J connectivity index is 2.53. The zero-order chi connectivity index (χ0) is 12.8. The molecule has 0 saturated heterocycles. The standard InChI is InChI=1S/C13H15ClO3/c1-2-11(13(16)17)12(15)8-5-9-3-6-10(14)7-4-9/h3-4,6-7,11H,2,5,8H2,1H3,(H,16,17). The Morgan fingerprint density at radius 2 is 1.88 bits per heavy atom. The van der Waals surface area contributed by atoms with Gasteiger partial charge in [0.15, 0.2) is 0 Å². The Morgan fingerprint density at radius 1 is 1.29 bits per heavy atom. The van der Waals surface area contributed by atoms with Crippen molar-refractivity contribution < 1.29 is 14.7 Å². The van der Waals surface area contributed by atoms with E-state index in [0.717, 1.165) is 5.56 Å². The summed E-state index contributed by atoms with van der Waals surface area (Å²) in [6.07, 6.45) is 1.15. The number of carbonyl (C=O) groups is 2. The van der Waals surface area contributed by atoms with Crippen molar-refractivity contribution in [2.75, 3.05) is 0 Å². The van der Waals surface area contributed by atoms with Crippen LogP contribution < -0.4 is 0 Å². The van der Waals surface area contributed by atoms with Crippen LogP contribution in [0, 0.1) is 5.92 Å². The van der Waals surface area contributed by atoms with Crippen molar-refractivity contribution in [1.29, 1.82) is 0 Å². The van der Waals surface area contributed by atoms with Crippen LogP contribution in [0.15, 0.2) is 24.3 Å². The highest BCUT2D eigenvalue weighted by Gasteiger charge is 2.23. The van der Waals surface area contributed by atoms with Gasteiger partial charge in [-0.1, -0.05) is 30.7 Å². The second-order valence-corrected chi connectivity index (χ2v) is 4.33. The van der Waals surface area contributed by atoms with Gasteiger partial charge in [0.25, 0.3) is 0 Å². The lowest BCUT2D eigenvalue weighted by atomic mass is 9.96. The fraction of sp³-hybridized carbons (Fsp3) is 0.385. The van der Waals surface area contributed by atoms with Crippen LogP contribution in [0.1, 0.15) is 25.3 Å². The minimum atomic E-state index is -1.03. The molecule has 17 heavy (non-hydrogen) atoms. The van der Waals surface area contributed by atoms with Gasteiger partial charge in [-0.2, -0.15) is 0 Å². The number of hydrogen-bond donors (Lipinski definition) is 1. The molecule has 0 heterocycles. The van der Waals surface area contributed by atoms with Crippen molar-refractivity contribution in [3.05, 3.63) is 34.9 Å². The molecule has 1 unspecified atom stereocenters. The quantitative estimate of drug-likeness (QED) is 0.794. The monoisotopic (exact) mass is 254 g/mol. The first kappa shape index (κ1) is 13.7. The zero-order valence-corrected chi connectivity index (χ0v) is 10.4. The van der Waals surface area contributed by atoms with Crippen LogP contribution in [-0.2, 0) is 16.0 Å². The van der Waals surface area contributed by atoms with E-state index in [4.69, 9.17) is 16.7 Å². The number of aliphatic carboxylic acids is 1. The summed E-state index contributed by atoms with van der Waals surface area (Å²) in [6, 6.07) is 7.21. The van der Waals surface area contributed by atoms with Gasteiger partial charge in [0.05, 0.1) is 0 Å². The Hall–Kier alpha value is -1.35. The maximum atomic E-state index is 11.6. The highest BCUT2D eigenvalue weighted by molar-refractivity contribution is 6.30. The van der Waals surface area contributed by atoms with Crippen molar-refractivity contribution in [1.82, 2.24) is 0 Å². The van der Waals surface area contributed by atoms with E-state index in [9.17, 15) is 9.59 Å². The number of Topliss-reactive ketones (excluding diaryl/α,β-unsaturated/α-hetero) is 1. The molecule has 1 N–H and O–H groups in total. The third kappa shape index (κ3) is 4.19. The number of carboxylic acids is 1. The van der Waals surface area contributed by atoms with Crippen molar-refractivity contribution in [2.45, 2.75) is 26.2 Å². The van der Waals surface area contributed by atoms with E-state index in [1.165, 1.54) is 0 Å². The molecular formula is C13H15ClO3. The summed E-state index contributed by atoms with van der Waals surface area (Å²) < 4.78 is 0. The van der Waals surface area contributed by atoms with Crippen LogP contribution in [0.5, 0.6) is 0 Å². The van der Waals surface area contributed by atoms with Crippen LogP contribution >= 0.6 is 11.6 Å². The Kier molecular flexibility index (Phi) is 5.16. The SMILES string of the molecule is CCC(C(=O)O)C(=O)CCc1ccc(Cl)cc1. The molecule has 0 bridgehead atoms. The summed E-state index contributed by atoms with van der Waals surface area (Å²) in [4.78, 5) is 22.4. The lowest BCUT2D eigenvalue weighted by molar-refractivity contribution is -0.146. The van der Waals surface area contributed by atoms with Crippen LogP contribution in [0.2, 0.25) is 5.02 Å². The zero-order valence-electron chi connectivity index (χ0n) is 9.65. The van der Waals surface area contributed by atoms with E-state index in [0.29, 0.717) is 17.9 Å². The third-order valence-corrected chi connectivity index (χ3v) is 2.92. The molecular weight excluding hydrogens is 240 g/mol. The Morgan fingerprint density at radius 3 is 2.35 bits per heavy atom. The molecule has 0 amide bonds. The number of aryl methyl sites for hydroxylation is 1. The molecule has 0 aliphatic carbocycles. The Labute approximate surface area is 105 Å². The fourth-order valence-corrected chi connectivity index (χ4v) is 1.76. The second kappa shape index (κ2) is 6.40. The molecule has 0 spiro atoms. The van der Waals surface area contributed by atoms with Crippen LogP contribution in [0.4, 0.5) is 0 Å². The normalized spacial score (nSPS) is 12.1. The molecule has 3 nitrogen and oxygen atoms in total. The predicted octanol–water partition coefficient (Wildman–Crippen LogP) is 2.95. The van der Waals surface area contributed by atoms with E-state index in [2.05, 4.69) is 0 Å². The van der Waals surface area contributed by atoms with Gasteiger partial charge in [0.1, 0.15) is 11.7 Å². The van der Waals surface area contributed by atoms with Gasteiger partial charge in [-0.3, -0.25) is 9.59 Å². The largest absolute Gasteiger partial charge is 0.481 e. The summed E-state index contributed by atoms with van der Waals surface area (Å²) in [5.74, 6) is -2.12. The van der Waals surface area contributed by atoms with Gasteiger partial charge in [-0.25, -0.2) is 0 Å². The molecule has 0 aromatic heterocycles. The number of ketones is 1. The summed E-state index contributed by atoms with van der Waals surface area (Å²) in [5.41, 5.74) is 0.989. The van der Waals surface area contributed by atoms with Crippen molar-refractivity contribution >= 4 is 23.4 Å². The minimum Gasteiger partial charge on any atom is -0.481 e. The third-order valence-electron chi connectivity index (χ3n) is 2.67. The predicted molar refractivity (Wildman–Crippen MR) is 66.2 cm³/mol. The maximum absolute atomic E-state index is 11.6. The highest BCUT2D eigenvalue weighted by Crippen LogP contribution is 2.13. The first-order valence-electron chi connectivity index (χ1n) is 5.54. The van der Waals surface area contributed by atoms with E-state index in [-0.39, 0.29) is 12.2 Å². The molecule has 4 heteroatoms. The first-order valence-corrected chi connectivity index (χ1v) is 5.92.